The number of aliphatic hydroxyl groups is 6. The minimum absolute atomic E-state index is 0.102. The fourth-order valence-electron chi connectivity index (χ4n) is 4.30. The number of phosphoric acid groups is 2. The molecule has 22 heteroatoms. The molecule has 220 valence electrons. The summed E-state index contributed by atoms with van der Waals surface area (Å²) >= 11 is 0. The summed E-state index contributed by atoms with van der Waals surface area (Å²) in [7, 11) is -10.9. The third-order valence-corrected chi connectivity index (χ3v) is 8.94. The van der Waals surface area contributed by atoms with E-state index in [0.717, 1.165) is 10.9 Å². The molecule has 1 saturated heterocycles. The van der Waals surface area contributed by atoms with E-state index in [0.29, 0.717) is 0 Å². The maximum atomic E-state index is 12.3. The van der Waals surface area contributed by atoms with Gasteiger partial charge in [-0.25, -0.2) is 14.1 Å². The summed E-state index contributed by atoms with van der Waals surface area (Å²) in [4.78, 5) is 41.8. The zero-order valence-corrected chi connectivity index (χ0v) is 21.4. The number of phosphoric ester groups is 2. The second kappa shape index (κ2) is 11.2. The van der Waals surface area contributed by atoms with Crippen molar-refractivity contribution in [2.75, 3.05) is 18.9 Å². The van der Waals surface area contributed by atoms with Crippen LogP contribution in [0.4, 0.5) is 5.95 Å². The number of aromatic nitrogens is 4. The molecule has 2 fully saturated rings. The van der Waals surface area contributed by atoms with Crippen LogP contribution >= 0.6 is 15.6 Å². The summed E-state index contributed by atoms with van der Waals surface area (Å²) in [5, 5.41) is 59.7. The number of H-pyrrole nitrogens is 1. The highest BCUT2D eigenvalue weighted by Crippen LogP contribution is 2.61. The molecule has 0 amide bonds. The monoisotopic (exact) mass is 603 g/mol. The molecule has 2 aromatic rings. The number of anilines is 1. The van der Waals surface area contributed by atoms with Gasteiger partial charge in [-0.3, -0.25) is 23.4 Å². The maximum absolute atomic E-state index is 12.3. The van der Waals surface area contributed by atoms with Crippen LogP contribution in [-0.4, -0.2) is 116 Å². The molecule has 1 aliphatic carbocycles. The minimum atomic E-state index is -5.47. The summed E-state index contributed by atoms with van der Waals surface area (Å²) < 4.78 is 44.7. The Morgan fingerprint density at radius 1 is 1.08 bits per heavy atom. The minimum Gasteiger partial charge on any atom is -0.396 e. The SMILES string of the molecule is Nc1nc2c(ncn2[C@@H]2O[C@H](COP(=O)(O)OP(=O)(O)O[C@H]3CC(CO)[C@@H](O)[C@H](O)C3O)[C@H](O)C2O)c(=O)[nH]1. The van der Waals surface area contributed by atoms with E-state index >= 15 is 0 Å². The van der Waals surface area contributed by atoms with Crippen LogP contribution in [0.3, 0.4) is 0 Å². The van der Waals surface area contributed by atoms with Gasteiger partial charge in [0.15, 0.2) is 17.4 Å². The van der Waals surface area contributed by atoms with Crippen molar-refractivity contribution in [2.24, 2.45) is 5.92 Å². The van der Waals surface area contributed by atoms with Gasteiger partial charge in [0.1, 0.15) is 30.5 Å². The Balaban J connectivity index is 1.39. The lowest BCUT2D eigenvalue weighted by Crippen LogP contribution is -2.54. The molecule has 0 spiro atoms. The molecule has 0 bridgehead atoms. The Kier molecular flexibility index (Phi) is 8.63. The number of imidazole rings is 1. The van der Waals surface area contributed by atoms with Crippen LogP contribution in [0, 0.1) is 5.92 Å². The number of nitrogens with two attached hydrogens (primary N) is 1. The van der Waals surface area contributed by atoms with Crippen LogP contribution in [-0.2, 0) is 27.2 Å². The molecule has 0 radical (unpaired) electrons. The summed E-state index contributed by atoms with van der Waals surface area (Å²) in [5.74, 6) is -1.32. The Morgan fingerprint density at radius 2 is 1.77 bits per heavy atom. The smallest absolute Gasteiger partial charge is 0.396 e. The first-order chi connectivity index (χ1) is 18.1. The molecule has 5 unspecified atom stereocenters. The molecule has 2 aliphatic rings. The summed E-state index contributed by atoms with van der Waals surface area (Å²) in [6, 6.07) is 0. The number of aliphatic hydroxyl groups excluding tert-OH is 6. The van der Waals surface area contributed by atoms with E-state index in [-0.39, 0.29) is 17.1 Å². The molecule has 2 aromatic heterocycles. The van der Waals surface area contributed by atoms with E-state index in [1.54, 1.807) is 0 Å². The van der Waals surface area contributed by atoms with Crippen LogP contribution in [0.15, 0.2) is 11.1 Å². The number of fused-ring (bicyclic) bond motifs is 1. The van der Waals surface area contributed by atoms with Crippen LogP contribution < -0.4 is 11.3 Å². The zero-order chi connectivity index (χ0) is 28.9. The third kappa shape index (κ3) is 6.24. The number of nitrogens with one attached hydrogen (secondary N) is 1. The van der Waals surface area contributed by atoms with E-state index in [2.05, 4.69) is 28.3 Å². The van der Waals surface area contributed by atoms with Crippen molar-refractivity contribution < 1.29 is 67.7 Å². The highest BCUT2D eigenvalue weighted by molar-refractivity contribution is 7.61. The van der Waals surface area contributed by atoms with Gasteiger partial charge >= 0.3 is 15.6 Å². The number of hydrogen-bond acceptors (Lipinski definition) is 16. The van der Waals surface area contributed by atoms with Crippen molar-refractivity contribution in [3.63, 3.8) is 0 Å². The summed E-state index contributed by atoms with van der Waals surface area (Å²) in [6.45, 7) is -1.64. The average Bonchev–Trinajstić information content (AvgIpc) is 3.38. The summed E-state index contributed by atoms with van der Waals surface area (Å²) in [6.07, 6.45) is -12.7. The predicted molar refractivity (Wildman–Crippen MR) is 123 cm³/mol. The first kappa shape index (κ1) is 30.1. The number of rotatable bonds is 9. The lowest BCUT2D eigenvalue weighted by atomic mass is 9.81. The maximum Gasteiger partial charge on any atom is 0.481 e. The van der Waals surface area contributed by atoms with Gasteiger partial charge in [0.25, 0.3) is 5.56 Å². The lowest BCUT2D eigenvalue weighted by molar-refractivity contribution is -0.160. The Bertz CT molecular complexity index is 1340. The number of ether oxygens (including phenoxy) is 1. The van der Waals surface area contributed by atoms with Gasteiger partial charge in [-0.05, 0) is 6.42 Å². The van der Waals surface area contributed by atoms with Crippen molar-refractivity contribution in [1.82, 2.24) is 19.5 Å². The van der Waals surface area contributed by atoms with Gasteiger partial charge in [-0.1, -0.05) is 0 Å². The second-order valence-electron chi connectivity index (χ2n) is 8.93. The van der Waals surface area contributed by atoms with E-state index < -0.39 is 95.7 Å². The second-order valence-corrected chi connectivity index (χ2v) is 11.9. The Morgan fingerprint density at radius 3 is 2.44 bits per heavy atom. The Hall–Kier alpha value is -1.87. The average molecular weight is 603 g/mol. The molecular weight excluding hydrogens is 576 g/mol. The Labute approximate surface area is 217 Å². The molecule has 20 nitrogen and oxygen atoms in total. The van der Waals surface area contributed by atoms with Crippen molar-refractivity contribution >= 4 is 32.8 Å². The number of nitrogen functional groups attached to an aromatic ring is 1. The van der Waals surface area contributed by atoms with Crippen molar-refractivity contribution in [2.45, 2.75) is 55.4 Å². The molecule has 11 N–H and O–H groups in total. The van der Waals surface area contributed by atoms with Crippen LogP contribution in [0.25, 0.3) is 11.2 Å². The van der Waals surface area contributed by atoms with Gasteiger partial charge in [0.2, 0.25) is 5.95 Å². The first-order valence-electron chi connectivity index (χ1n) is 11.2. The van der Waals surface area contributed by atoms with Gasteiger partial charge in [-0.2, -0.15) is 9.29 Å². The fourth-order valence-corrected chi connectivity index (χ4v) is 6.58. The molecule has 1 aliphatic heterocycles. The van der Waals surface area contributed by atoms with E-state index in [9.17, 15) is 54.4 Å². The largest absolute Gasteiger partial charge is 0.481 e. The van der Waals surface area contributed by atoms with Gasteiger partial charge in [0.05, 0.1) is 25.1 Å². The standard InChI is InChI=1S/C17H27N5O15P2/c18-17-20-14-8(15(29)21-17)19-4-22(14)16-13(28)11(26)7(35-16)3-34-38(30,31)37-39(32,33)36-6-1-5(2-23)9(24)12(27)10(6)25/h4-7,9-13,16,23-28H,1-3H2,(H,30,31)(H,32,33)(H3,18,20,21,29)/t5?,6-,7+,9+,10?,11-,12-,13?,16+/m0/s1. The normalized spacial score (nSPS) is 36.6. The highest BCUT2D eigenvalue weighted by atomic mass is 31.3. The van der Waals surface area contributed by atoms with Crippen molar-refractivity contribution in [3.8, 4) is 0 Å². The molecule has 39 heavy (non-hydrogen) atoms. The lowest BCUT2D eigenvalue weighted by Gasteiger charge is -2.39. The van der Waals surface area contributed by atoms with Gasteiger partial charge < -0.3 is 50.9 Å². The predicted octanol–water partition coefficient (Wildman–Crippen LogP) is -3.96. The quantitative estimate of drug-likeness (QED) is 0.122. The zero-order valence-electron chi connectivity index (χ0n) is 19.6. The van der Waals surface area contributed by atoms with E-state index in [4.69, 9.17) is 10.5 Å². The van der Waals surface area contributed by atoms with Crippen molar-refractivity contribution in [3.05, 3.63) is 16.7 Å². The van der Waals surface area contributed by atoms with Gasteiger partial charge in [0, 0.05) is 12.5 Å². The number of hydrogen-bond donors (Lipinski definition) is 10. The molecule has 0 aromatic carbocycles. The third-order valence-electron chi connectivity index (χ3n) is 6.27. The molecular formula is C17H27N5O15P2. The van der Waals surface area contributed by atoms with Gasteiger partial charge in [-0.15, -0.1) is 0 Å². The van der Waals surface area contributed by atoms with Crippen molar-refractivity contribution in [1.29, 1.82) is 0 Å². The van der Waals surface area contributed by atoms with Crippen LogP contribution in [0.5, 0.6) is 0 Å². The van der Waals surface area contributed by atoms with E-state index in [1.807, 2.05) is 0 Å². The summed E-state index contributed by atoms with van der Waals surface area (Å²) in [5.41, 5.74) is 4.58. The molecule has 4 rings (SSSR count). The number of aromatic amines is 1. The first-order valence-corrected chi connectivity index (χ1v) is 14.2. The fraction of sp³-hybridized carbons (Fsp3) is 0.706. The highest BCUT2D eigenvalue weighted by Gasteiger charge is 2.49. The molecule has 3 heterocycles. The van der Waals surface area contributed by atoms with Crippen LogP contribution in [0.2, 0.25) is 0 Å². The van der Waals surface area contributed by atoms with E-state index in [1.165, 1.54) is 0 Å². The molecule has 1 saturated carbocycles. The van der Waals surface area contributed by atoms with Crippen LogP contribution in [0.1, 0.15) is 12.6 Å². The number of nitrogens with zero attached hydrogens (tertiary/aromatic N) is 3. The topological polar surface area (TPSA) is 322 Å². The molecule has 11 atom stereocenters.